The van der Waals surface area contributed by atoms with Gasteiger partial charge in [-0.25, -0.2) is 14.3 Å². The number of benzene rings is 1. The molecule has 0 spiro atoms. The Morgan fingerprint density at radius 2 is 2.14 bits per heavy atom. The highest BCUT2D eigenvalue weighted by Crippen LogP contribution is 2.17. The largest absolute Gasteiger partial charge is 0.352 e. The van der Waals surface area contributed by atoms with Gasteiger partial charge in [0.1, 0.15) is 12.2 Å². The molecule has 1 aromatic carbocycles. The van der Waals surface area contributed by atoms with Gasteiger partial charge in [0.25, 0.3) is 0 Å². The minimum absolute atomic E-state index is 0.284. The van der Waals surface area contributed by atoms with Crippen molar-refractivity contribution in [3.63, 3.8) is 0 Å². The number of aliphatic imine (C=N–C) groups is 1. The van der Waals surface area contributed by atoms with Gasteiger partial charge >= 0.3 is 0 Å². The van der Waals surface area contributed by atoms with Crippen molar-refractivity contribution in [2.75, 3.05) is 7.05 Å². The number of nitrogens with one attached hydrogen (secondary N) is 2. The first-order valence-electron chi connectivity index (χ1n) is 9.59. The van der Waals surface area contributed by atoms with Gasteiger partial charge in [0, 0.05) is 31.7 Å². The monoisotopic (exact) mass is 378 g/mol. The van der Waals surface area contributed by atoms with Crippen LogP contribution in [0.15, 0.2) is 41.7 Å². The van der Waals surface area contributed by atoms with E-state index >= 15 is 0 Å². The summed E-state index contributed by atoms with van der Waals surface area (Å²) in [5.41, 5.74) is 4.39. The molecule has 0 radical (unpaired) electrons. The number of guanidine groups is 1. The van der Waals surface area contributed by atoms with Crippen LogP contribution in [0, 0.1) is 13.8 Å². The van der Waals surface area contributed by atoms with Crippen LogP contribution in [0.2, 0.25) is 0 Å². The second-order valence-corrected chi connectivity index (χ2v) is 7.13. The number of hydrogen-bond donors (Lipinski definition) is 2. The molecule has 0 aliphatic carbocycles. The maximum absolute atomic E-state index is 4.63. The zero-order valence-electron chi connectivity index (χ0n) is 16.6. The molecule has 0 amide bonds. The molecule has 4 rings (SSSR count). The molecule has 8 heteroatoms. The van der Waals surface area contributed by atoms with Gasteiger partial charge in [-0.1, -0.05) is 18.2 Å². The van der Waals surface area contributed by atoms with Crippen molar-refractivity contribution in [1.82, 2.24) is 35.2 Å². The van der Waals surface area contributed by atoms with E-state index in [0.717, 1.165) is 48.2 Å². The quantitative estimate of drug-likeness (QED) is 0.534. The van der Waals surface area contributed by atoms with Crippen molar-refractivity contribution in [2.45, 2.75) is 45.8 Å². The third kappa shape index (κ3) is 3.76. The van der Waals surface area contributed by atoms with Gasteiger partial charge in [0.15, 0.2) is 5.96 Å². The number of aromatic nitrogens is 5. The number of nitrogens with zero attached hydrogens (tertiary/aromatic N) is 6. The van der Waals surface area contributed by atoms with Crippen LogP contribution >= 0.6 is 0 Å². The molecule has 3 aromatic rings. The zero-order chi connectivity index (χ0) is 19.5. The summed E-state index contributed by atoms with van der Waals surface area (Å²) in [5, 5.41) is 15.9. The van der Waals surface area contributed by atoms with E-state index in [1.165, 1.54) is 5.56 Å². The van der Waals surface area contributed by atoms with Gasteiger partial charge in [-0.05, 0) is 38.0 Å². The lowest BCUT2D eigenvalue weighted by Crippen LogP contribution is -2.46. The zero-order valence-corrected chi connectivity index (χ0v) is 16.6. The van der Waals surface area contributed by atoms with Gasteiger partial charge in [0.2, 0.25) is 0 Å². The van der Waals surface area contributed by atoms with Crippen molar-refractivity contribution < 1.29 is 0 Å². The van der Waals surface area contributed by atoms with Crippen LogP contribution in [0.25, 0.3) is 5.69 Å². The fourth-order valence-corrected chi connectivity index (χ4v) is 3.66. The first kappa shape index (κ1) is 18.2. The van der Waals surface area contributed by atoms with E-state index in [0.29, 0.717) is 6.54 Å². The summed E-state index contributed by atoms with van der Waals surface area (Å²) >= 11 is 0. The summed E-state index contributed by atoms with van der Waals surface area (Å²) < 4.78 is 3.96. The van der Waals surface area contributed by atoms with Crippen molar-refractivity contribution in [2.24, 2.45) is 4.99 Å². The van der Waals surface area contributed by atoms with Gasteiger partial charge in [0.05, 0.1) is 17.9 Å². The molecule has 1 unspecified atom stereocenters. The van der Waals surface area contributed by atoms with E-state index in [4.69, 9.17) is 0 Å². The predicted molar refractivity (Wildman–Crippen MR) is 109 cm³/mol. The predicted octanol–water partition coefficient (Wildman–Crippen LogP) is 1.76. The van der Waals surface area contributed by atoms with Crippen molar-refractivity contribution in [3.05, 3.63) is 59.4 Å². The van der Waals surface area contributed by atoms with Crippen LogP contribution in [0.5, 0.6) is 0 Å². The molecule has 3 heterocycles. The van der Waals surface area contributed by atoms with Crippen LogP contribution in [-0.4, -0.2) is 43.6 Å². The third-order valence-corrected chi connectivity index (χ3v) is 5.05. The molecule has 0 bridgehead atoms. The second kappa shape index (κ2) is 7.84. The Labute approximate surface area is 164 Å². The smallest absolute Gasteiger partial charge is 0.191 e. The Bertz CT molecular complexity index is 984. The highest BCUT2D eigenvalue weighted by Gasteiger charge is 2.20. The molecule has 1 atom stereocenters. The van der Waals surface area contributed by atoms with E-state index in [-0.39, 0.29) is 6.04 Å². The molecule has 2 N–H and O–H groups in total. The van der Waals surface area contributed by atoms with Crippen molar-refractivity contribution in [3.8, 4) is 5.69 Å². The highest BCUT2D eigenvalue weighted by molar-refractivity contribution is 5.80. The van der Waals surface area contributed by atoms with Crippen LogP contribution in [0.4, 0.5) is 0 Å². The molecular formula is C20H26N8. The number of para-hydroxylation sites is 1. The Hall–Kier alpha value is -3.16. The molecule has 0 saturated carbocycles. The first-order chi connectivity index (χ1) is 13.6. The Kier molecular flexibility index (Phi) is 5.10. The average molecular weight is 378 g/mol. The topological polar surface area (TPSA) is 84.9 Å². The SMILES string of the molecule is CN=C(NCc1ccccc1-n1nc(C)cc1C)NC1CCc2ncnn2C1. The fraction of sp³-hybridized carbons (Fsp3) is 0.400. The number of fused-ring (bicyclic) bond motifs is 1. The summed E-state index contributed by atoms with van der Waals surface area (Å²) in [7, 11) is 1.80. The fourth-order valence-electron chi connectivity index (χ4n) is 3.66. The summed E-state index contributed by atoms with van der Waals surface area (Å²) in [6.45, 7) is 5.56. The molecule has 1 aliphatic heterocycles. The molecule has 2 aromatic heterocycles. The maximum atomic E-state index is 4.63. The van der Waals surface area contributed by atoms with Crippen molar-refractivity contribution >= 4 is 5.96 Å². The van der Waals surface area contributed by atoms with Crippen LogP contribution in [-0.2, 0) is 19.5 Å². The van der Waals surface area contributed by atoms with Gasteiger partial charge in [-0.3, -0.25) is 4.99 Å². The summed E-state index contributed by atoms with van der Waals surface area (Å²) in [6, 6.07) is 10.7. The van der Waals surface area contributed by atoms with Gasteiger partial charge < -0.3 is 10.6 Å². The molecule has 8 nitrogen and oxygen atoms in total. The lowest BCUT2D eigenvalue weighted by Gasteiger charge is -2.25. The third-order valence-electron chi connectivity index (χ3n) is 5.05. The molecular weight excluding hydrogens is 352 g/mol. The van der Waals surface area contributed by atoms with E-state index in [9.17, 15) is 0 Å². The summed E-state index contributed by atoms with van der Waals surface area (Å²) in [4.78, 5) is 8.68. The van der Waals surface area contributed by atoms with Crippen LogP contribution < -0.4 is 10.6 Å². The standard InChI is InChI=1S/C20H26N8/c1-14-10-15(2)28(26-14)18-7-5-4-6-16(18)11-22-20(21-3)25-17-8-9-19-23-13-24-27(19)12-17/h4-7,10,13,17H,8-9,11-12H2,1-3H3,(H2,21,22,25). The molecule has 28 heavy (non-hydrogen) atoms. The molecule has 0 saturated heterocycles. The van der Waals surface area contributed by atoms with Gasteiger partial charge in [-0.2, -0.15) is 10.2 Å². The van der Waals surface area contributed by atoms with E-state index in [1.54, 1.807) is 13.4 Å². The number of rotatable bonds is 4. The van der Waals surface area contributed by atoms with E-state index < -0.39 is 0 Å². The Balaban J connectivity index is 1.43. The van der Waals surface area contributed by atoms with E-state index in [1.807, 2.05) is 22.4 Å². The lowest BCUT2D eigenvalue weighted by molar-refractivity contribution is 0.392. The van der Waals surface area contributed by atoms with Gasteiger partial charge in [-0.15, -0.1) is 0 Å². The van der Waals surface area contributed by atoms with Crippen LogP contribution in [0.3, 0.4) is 0 Å². The van der Waals surface area contributed by atoms with Crippen LogP contribution in [0.1, 0.15) is 29.2 Å². The number of hydrogen-bond acceptors (Lipinski definition) is 4. The Morgan fingerprint density at radius 1 is 1.29 bits per heavy atom. The van der Waals surface area contributed by atoms with E-state index in [2.05, 4.69) is 62.0 Å². The normalized spacial score (nSPS) is 16.7. The van der Waals surface area contributed by atoms with Crippen molar-refractivity contribution in [1.29, 1.82) is 0 Å². The Morgan fingerprint density at radius 3 is 2.93 bits per heavy atom. The molecule has 1 aliphatic rings. The molecule has 0 fully saturated rings. The number of aryl methyl sites for hydroxylation is 3. The first-order valence-corrected chi connectivity index (χ1v) is 9.59. The summed E-state index contributed by atoms with van der Waals surface area (Å²) in [6.07, 6.45) is 3.57. The summed E-state index contributed by atoms with van der Waals surface area (Å²) in [5.74, 6) is 1.84. The second-order valence-electron chi connectivity index (χ2n) is 7.13. The minimum Gasteiger partial charge on any atom is -0.352 e. The maximum Gasteiger partial charge on any atom is 0.191 e. The highest BCUT2D eigenvalue weighted by atomic mass is 15.4. The minimum atomic E-state index is 0.284. The lowest BCUT2D eigenvalue weighted by atomic mass is 10.1. The molecule has 146 valence electrons. The average Bonchev–Trinajstić information content (AvgIpc) is 3.30.